The number of halogens is 1. The van der Waals surface area contributed by atoms with E-state index in [1.54, 1.807) is 0 Å². The fraction of sp³-hybridized carbons (Fsp3) is 0.429. The summed E-state index contributed by atoms with van der Waals surface area (Å²) >= 11 is 8.88. The van der Waals surface area contributed by atoms with Gasteiger partial charge in [0, 0.05) is 19.1 Å². The number of piperidine rings is 1. The van der Waals surface area contributed by atoms with Crippen LogP contribution in [0.1, 0.15) is 28.2 Å². The number of hydrogen-bond donors (Lipinski definition) is 1. The van der Waals surface area contributed by atoms with Crippen LogP contribution in [0.2, 0.25) is 4.34 Å². The average molecular weight is 342 g/mol. The summed E-state index contributed by atoms with van der Waals surface area (Å²) in [6, 6.07) is 3.88. The monoisotopic (exact) mass is 341 g/mol. The molecule has 0 spiro atoms. The number of hydrogen-bond acceptors (Lipinski definition) is 5. The molecule has 0 aromatic carbocycles. The first-order valence-corrected chi connectivity index (χ1v) is 8.83. The maximum absolute atomic E-state index is 12.6. The van der Waals surface area contributed by atoms with Crippen molar-refractivity contribution in [1.29, 1.82) is 0 Å². The van der Waals surface area contributed by atoms with Crippen molar-refractivity contribution in [3.05, 3.63) is 27.0 Å². The lowest BCUT2D eigenvalue weighted by Crippen LogP contribution is -2.45. The van der Waals surface area contributed by atoms with E-state index in [0.717, 1.165) is 39.3 Å². The SMILES string of the molecule is Cc1nc(-c2ccc(Cl)s2)sc1C(=O)N1CCCC(N)C1. The van der Waals surface area contributed by atoms with Gasteiger partial charge < -0.3 is 10.6 Å². The van der Waals surface area contributed by atoms with Crippen LogP contribution < -0.4 is 5.73 Å². The predicted molar refractivity (Wildman–Crippen MR) is 88.3 cm³/mol. The van der Waals surface area contributed by atoms with Crippen LogP contribution in [0, 0.1) is 6.92 Å². The van der Waals surface area contributed by atoms with Gasteiger partial charge in [-0.15, -0.1) is 22.7 Å². The summed E-state index contributed by atoms with van der Waals surface area (Å²) in [4.78, 5) is 20.7. The molecule has 1 amide bonds. The lowest BCUT2D eigenvalue weighted by Gasteiger charge is -2.30. The highest BCUT2D eigenvalue weighted by Gasteiger charge is 2.26. The van der Waals surface area contributed by atoms with Crippen LogP contribution in [0.4, 0.5) is 0 Å². The molecule has 0 saturated carbocycles. The van der Waals surface area contributed by atoms with Crippen LogP contribution in [0.15, 0.2) is 12.1 Å². The van der Waals surface area contributed by atoms with E-state index in [9.17, 15) is 4.79 Å². The van der Waals surface area contributed by atoms with E-state index in [1.165, 1.54) is 22.7 Å². The maximum Gasteiger partial charge on any atom is 0.265 e. The Morgan fingerprint density at radius 1 is 1.48 bits per heavy atom. The lowest BCUT2D eigenvalue weighted by molar-refractivity contribution is 0.0713. The van der Waals surface area contributed by atoms with E-state index >= 15 is 0 Å². The summed E-state index contributed by atoms with van der Waals surface area (Å²) in [7, 11) is 0. The molecule has 112 valence electrons. The molecule has 1 aliphatic heterocycles. The molecule has 2 aromatic rings. The Balaban J connectivity index is 1.85. The van der Waals surface area contributed by atoms with E-state index in [1.807, 2.05) is 24.0 Å². The molecule has 1 aliphatic rings. The second-order valence-electron chi connectivity index (χ2n) is 5.19. The molecule has 1 unspecified atom stereocenters. The van der Waals surface area contributed by atoms with Gasteiger partial charge in [0.25, 0.3) is 5.91 Å². The highest BCUT2D eigenvalue weighted by molar-refractivity contribution is 7.24. The van der Waals surface area contributed by atoms with Crippen LogP contribution >= 0.6 is 34.3 Å². The van der Waals surface area contributed by atoms with Gasteiger partial charge in [-0.2, -0.15) is 0 Å². The molecule has 1 saturated heterocycles. The Morgan fingerprint density at radius 2 is 2.29 bits per heavy atom. The Hall–Kier alpha value is -0.950. The minimum Gasteiger partial charge on any atom is -0.336 e. The Morgan fingerprint density at radius 3 is 2.95 bits per heavy atom. The Kier molecular flexibility index (Phi) is 4.31. The summed E-state index contributed by atoms with van der Waals surface area (Å²) in [5, 5.41) is 0.856. The zero-order chi connectivity index (χ0) is 15.0. The number of thiophene rings is 1. The first kappa shape index (κ1) is 15.0. The first-order chi connectivity index (χ1) is 10.0. The number of aromatic nitrogens is 1. The summed E-state index contributed by atoms with van der Waals surface area (Å²) < 4.78 is 0.729. The van der Waals surface area contributed by atoms with Crippen molar-refractivity contribution in [2.24, 2.45) is 5.73 Å². The van der Waals surface area contributed by atoms with Gasteiger partial charge in [-0.05, 0) is 31.9 Å². The largest absolute Gasteiger partial charge is 0.336 e. The number of nitrogens with two attached hydrogens (primary N) is 1. The third-order valence-electron chi connectivity index (χ3n) is 3.52. The van der Waals surface area contributed by atoms with Gasteiger partial charge in [0.05, 0.1) is 14.9 Å². The van der Waals surface area contributed by atoms with Crippen LogP contribution in [-0.2, 0) is 0 Å². The molecule has 1 fully saturated rings. The van der Waals surface area contributed by atoms with Gasteiger partial charge in [0.2, 0.25) is 0 Å². The molecule has 0 bridgehead atoms. The van der Waals surface area contributed by atoms with Crippen LogP contribution in [-0.4, -0.2) is 34.9 Å². The van der Waals surface area contributed by atoms with Crippen molar-refractivity contribution < 1.29 is 4.79 Å². The lowest BCUT2D eigenvalue weighted by atomic mass is 10.1. The fourth-order valence-corrected chi connectivity index (χ4v) is 4.60. The number of likely N-dealkylation sites (tertiary alicyclic amines) is 1. The Labute approximate surface area is 136 Å². The highest BCUT2D eigenvalue weighted by Crippen LogP contribution is 2.35. The van der Waals surface area contributed by atoms with Crippen molar-refractivity contribution in [3.63, 3.8) is 0 Å². The highest BCUT2D eigenvalue weighted by atomic mass is 35.5. The number of aryl methyl sites for hydroxylation is 1. The third kappa shape index (κ3) is 3.13. The van der Waals surface area contributed by atoms with Crippen molar-refractivity contribution >= 4 is 40.2 Å². The molecule has 3 heterocycles. The predicted octanol–water partition coefficient (Wildman–Crippen LogP) is 3.40. The zero-order valence-electron chi connectivity index (χ0n) is 11.6. The number of nitrogens with zero attached hydrogens (tertiary/aromatic N) is 2. The van der Waals surface area contributed by atoms with E-state index in [2.05, 4.69) is 4.98 Å². The number of amides is 1. The second kappa shape index (κ2) is 6.04. The molecule has 0 radical (unpaired) electrons. The molecule has 2 N–H and O–H groups in total. The number of thiazole rings is 1. The normalized spacial score (nSPS) is 19.0. The van der Waals surface area contributed by atoms with Crippen molar-refractivity contribution in [2.75, 3.05) is 13.1 Å². The number of rotatable bonds is 2. The zero-order valence-corrected chi connectivity index (χ0v) is 14.0. The van der Waals surface area contributed by atoms with E-state index in [0.29, 0.717) is 11.4 Å². The topological polar surface area (TPSA) is 59.2 Å². The van der Waals surface area contributed by atoms with Crippen molar-refractivity contribution in [1.82, 2.24) is 9.88 Å². The van der Waals surface area contributed by atoms with Crippen LogP contribution in [0.3, 0.4) is 0 Å². The summed E-state index contributed by atoms with van der Waals surface area (Å²) in [5.74, 6) is 0.0500. The minimum absolute atomic E-state index is 0.0500. The quantitative estimate of drug-likeness (QED) is 0.910. The van der Waals surface area contributed by atoms with Gasteiger partial charge in [-0.25, -0.2) is 4.98 Å². The molecular weight excluding hydrogens is 326 g/mol. The maximum atomic E-state index is 12.6. The van der Waals surface area contributed by atoms with Gasteiger partial charge in [-0.1, -0.05) is 11.6 Å². The molecular formula is C14H16ClN3OS2. The molecule has 4 nitrogen and oxygen atoms in total. The standard InChI is InChI=1S/C14H16ClN3OS2/c1-8-12(14(19)18-6-2-3-9(16)7-18)21-13(17-8)10-4-5-11(15)20-10/h4-5,9H,2-3,6-7,16H2,1H3. The number of carbonyl (C=O) groups excluding carboxylic acids is 1. The molecule has 7 heteroatoms. The molecule has 21 heavy (non-hydrogen) atoms. The fourth-order valence-electron chi connectivity index (χ4n) is 2.47. The summed E-state index contributed by atoms with van der Waals surface area (Å²) in [6.45, 7) is 3.30. The molecule has 2 aromatic heterocycles. The average Bonchev–Trinajstić information content (AvgIpc) is 3.04. The molecule has 3 rings (SSSR count). The van der Waals surface area contributed by atoms with Crippen LogP contribution in [0.5, 0.6) is 0 Å². The Bertz CT molecular complexity index is 667. The van der Waals surface area contributed by atoms with E-state index in [4.69, 9.17) is 17.3 Å². The van der Waals surface area contributed by atoms with Gasteiger partial charge in [0.1, 0.15) is 9.88 Å². The molecule has 0 aliphatic carbocycles. The summed E-state index contributed by atoms with van der Waals surface area (Å²) in [5.41, 5.74) is 6.74. The smallest absolute Gasteiger partial charge is 0.265 e. The van der Waals surface area contributed by atoms with Crippen LogP contribution in [0.25, 0.3) is 9.88 Å². The summed E-state index contributed by atoms with van der Waals surface area (Å²) in [6.07, 6.45) is 1.96. The van der Waals surface area contributed by atoms with Crippen molar-refractivity contribution in [3.8, 4) is 9.88 Å². The first-order valence-electron chi connectivity index (χ1n) is 6.82. The third-order valence-corrected chi connectivity index (χ3v) is 6.07. The van der Waals surface area contributed by atoms with E-state index < -0.39 is 0 Å². The minimum atomic E-state index is 0.0500. The van der Waals surface area contributed by atoms with Gasteiger partial charge in [-0.3, -0.25) is 4.79 Å². The van der Waals surface area contributed by atoms with E-state index in [-0.39, 0.29) is 11.9 Å². The van der Waals surface area contributed by atoms with Gasteiger partial charge in [0.15, 0.2) is 0 Å². The van der Waals surface area contributed by atoms with Gasteiger partial charge >= 0.3 is 0 Å². The van der Waals surface area contributed by atoms with Crippen molar-refractivity contribution in [2.45, 2.75) is 25.8 Å². The number of carbonyl (C=O) groups is 1. The second-order valence-corrected chi connectivity index (χ2v) is 7.90. The molecule has 1 atom stereocenters.